The molecule has 3 heterocycles. The minimum Gasteiger partial charge on any atom is -0.493 e. The molecule has 2 fully saturated rings. The van der Waals surface area contributed by atoms with Crippen molar-refractivity contribution in [3.8, 4) is 5.75 Å². The molecule has 0 spiro atoms. The molecule has 0 bridgehead atoms. The number of nitrogens with zero attached hydrogens (tertiary/aromatic N) is 3. The van der Waals surface area contributed by atoms with E-state index >= 15 is 0 Å². The van der Waals surface area contributed by atoms with Gasteiger partial charge in [0.05, 0.1) is 32.4 Å². The van der Waals surface area contributed by atoms with Crippen LogP contribution in [0.25, 0.3) is 0 Å². The lowest BCUT2D eigenvalue weighted by Crippen LogP contribution is -2.60. The summed E-state index contributed by atoms with van der Waals surface area (Å²) in [6, 6.07) is 8.32. The second-order valence-electron chi connectivity index (χ2n) is 8.20. The Bertz CT molecular complexity index is 681. The number of likely N-dealkylation sites (tertiary alicyclic amines) is 1. The quantitative estimate of drug-likeness (QED) is 0.598. The molecule has 2 saturated heterocycles. The van der Waals surface area contributed by atoms with E-state index in [4.69, 9.17) is 20.2 Å². The summed E-state index contributed by atoms with van der Waals surface area (Å²) in [5, 5.41) is 3.44. The van der Waals surface area contributed by atoms with Crippen LogP contribution in [-0.4, -0.2) is 80.9 Å². The first-order chi connectivity index (χ1) is 13.7. The summed E-state index contributed by atoms with van der Waals surface area (Å²) in [6.45, 7) is 7.25. The van der Waals surface area contributed by atoms with Crippen molar-refractivity contribution in [2.45, 2.75) is 30.8 Å². The number of guanidine groups is 1. The van der Waals surface area contributed by atoms with Gasteiger partial charge in [-0.1, -0.05) is 18.2 Å². The highest BCUT2D eigenvalue weighted by Gasteiger charge is 2.39. The number of morpholine rings is 1. The van der Waals surface area contributed by atoms with Crippen LogP contribution in [0.3, 0.4) is 0 Å². The van der Waals surface area contributed by atoms with Gasteiger partial charge in [-0.05, 0) is 39.0 Å². The SMILES string of the molecule is CN1CCC(CN=C(N)NC2CCOc3ccccc32)(N2CCOCC2)CC1. The van der Waals surface area contributed by atoms with Crippen LogP contribution in [0, 0.1) is 0 Å². The minimum atomic E-state index is 0.0934. The number of nitrogens with two attached hydrogens (primary N) is 1. The molecule has 0 aromatic heterocycles. The number of para-hydroxylation sites is 1. The Morgan fingerprint density at radius 1 is 1.18 bits per heavy atom. The first kappa shape index (κ1) is 19.5. The summed E-state index contributed by atoms with van der Waals surface area (Å²) in [5.41, 5.74) is 7.59. The summed E-state index contributed by atoms with van der Waals surface area (Å²) in [5.74, 6) is 1.48. The van der Waals surface area contributed by atoms with Gasteiger partial charge in [-0.15, -0.1) is 0 Å². The van der Waals surface area contributed by atoms with Gasteiger partial charge in [0.2, 0.25) is 0 Å². The molecule has 1 aromatic rings. The van der Waals surface area contributed by atoms with Crippen LogP contribution >= 0.6 is 0 Å². The van der Waals surface area contributed by atoms with E-state index in [1.807, 2.05) is 18.2 Å². The third-order valence-electron chi connectivity index (χ3n) is 6.42. The molecule has 3 N–H and O–H groups in total. The minimum absolute atomic E-state index is 0.0934. The standard InChI is InChI=1S/C21H33N5O2/c1-25-9-7-21(8-10-25,26-11-14-27-15-12-26)16-23-20(22)24-18-6-13-28-19-5-3-2-4-17(18)19/h2-5,18H,6-16H2,1H3,(H3,22,23,24). The van der Waals surface area contributed by atoms with Crippen LogP contribution in [0.4, 0.5) is 0 Å². The fourth-order valence-electron chi connectivity index (χ4n) is 4.60. The highest BCUT2D eigenvalue weighted by Crippen LogP contribution is 2.32. The molecule has 28 heavy (non-hydrogen) atoms. The summed E-state index contributed by atoms with van der Waals surface area (Å²) < 4.78 is 11.3. The molecule has 1 aromatic carbocycles. The maximum atomic E-state index is 6.34. The molecule has 7 nitrogen and oxygen atoms in total. The van der Waals surface area contributed by atoms with Crippen molar-refractivity contribution in [1.29, 1.82) is 0 Å². The number of fused-ring (bicyclic) bond motifs is 1. The third kappa shape index (κ3) is 4.26. The molecule has 0 radical (unpaired) electrons. The first-order valence-corrected chi connectivity index (χ1v) is 10.5. The first-order valence-electron chi connectivity index (χ1n) is 10.5. The Morgan fingerprint density at radius 2 is 1.93 bits per heavy atom. The van der Waals surface area contributed by atoms with Gasteiger partial charge in [-0.2, -0.15) is 0 Å². The van der Waals surface area contributed by atoms with E-state index in [-0.39, 0.29) is 11.6 Å². The van der Waals surface area contributed by atoms with Crippen molar-refractivity contribution in [3.05, 3.63) is 29.8 Å². The molecule has 0 amide bonds. The van der Waals surface area contributed by atoms with E-state index in [9.17, 15) is 0 Å². The van der Waals surface area contributed by atoms with Gasteiger partial charge in [0.1, 0.15) is 5.75 Å². The highest BCUT2D eigenvalue weighted by atomic mass is 16.5. The topological polar surface area (TPSA) is 75.3 Å². The number of piperidine rings is 1. The van der Waals surface area contributed by atoms with Crippen LogP contribution in [0.5, 0.6) is 5.75 Å². The lowest BCUT2D eigenvalue weighted by molar-refractivity contribution is -0.0411. The third-order valence-corrected chi connectivity index (χ3v) is 6.42. The van der Waals surface area contributed by atoms with Gasteiger partial charge < -0.3 is 25.4 Å². The van der Waals surface area contributed by atoms with Gasteiger partial charge in [0, 0.05) is 30.6 Å². The van der Waals surface area contributed by atoms with Gasteiger partial charge in [0.15, 0.2) is 5.96 Å². The Kier molecular flexibility index (Phi) is 6.04. The Morgan fingerprint density at radius 3 is 2.71 bits per heavy atom. The number of benzene rings is 1. The molecule has 7 heteroatoms. The molecule has 154 valence electrons. The van der Waals surface area contributed by atoms with E-state index in [2.05, 4.69) is 28.2 Å². The molecule has 1 atom stereocenters. The number of hydrogen-bond donors (Lipinski definition) is 2. The number of ether oxygens (including phenoxy) is 2. The average Bonchev–Trinajstić information content (AvgIpc) is 2.75. The van der Waals surface area contributed by atoms with Crippen molar-refractivity contribution >= 4 is 5.96 Å². The molecular formula is C21H33N5O2. The van der Waals surface area contributed by atoms with E-state index in [1.54, 1.807) is 0 Å². The van der Waals surface area contributed by atoms with Crippen LogP contribution < -0.4 is 15.8 Å². The summed E-state index contributed by atoms with van der Waals surface area (Å²) in [6.07, 6.45) is 3.15. The fourth-order valence-corrected chi connectivity index (χ4v) is 4.60. The van der Waals surface area contributed by atoms with E-state index in [1.165, 1.54) is 0 Å². The van der Waals surface area contributed by atoms with E-state index in [0.717, 1.165) is 76.5 Å². The molecule has 4 rings (SSSR count). The van der Waals surface area contributed by atoms with Crippen LogP contribution in [-0.2, 0) is 4.74 Å². The van der Waals surface area contributed by atoms with Crippen LogP contribution in [0.2, 0.25) is 0 Å². The Balaban J connectivity index is 1.45. The van der Waals surface area contributed by atoms with Gasteiger partial charge in [-0.3, -0.25) is 9.89 Å². The number of aliphatic imine (C=N–C) groups is 1. The second-order valence-corrected chi connectivity index (χ2v) is 8.20. The summed E-state index contributed by atoms with van der Waals surface area (Å²) >= 11 is 0. The van der Waals surface area contributed by atoms with Gasteiger partial charge in [0.25, 0.3) is 0 Å². The maximum Gasteiger partial charge on any atom is 0.189 e. The van der Waals surface area contributed by atoms with Crippen LogP contribution in [0.15, 0.2) is 29.3 Å². The van der Waals surface area contributed by atoms with Gasteiger partial charge in [-0.25, -0.2) is 0 Å². The molecule has 0 aliphatic carbocycles. The van der Waals surface area contributed by atoms with Crippen molar-refractivity contribution in [2.75, 3.05) is 59.6 Å². The van der Waals surface area contributed by atoms with Crippen molar-refractivity contribution in [1.82, 2.24) is 15.1 Å². The Hall–Kier alpha value is -1.83. The lowest BCUT2D eigenvalue weighted by atomic mass is 9.85. The molecule has 0 saturated carbocycles. The van der Waals surface area contributed by atoms with E-state index < -0.39 is 0 Å². The highest BCUT2D eigenvalue weighted by molar-refractivity contribution is 5.78. The summed E-state index contributed by atoms with van der Waals surface area (Å²) in [7, 11) is 2.20. The number of rotatable bonds is 4. The smallest absolute Gasteiger partial charge is 0.189 e. The Labute approximate surface area is 167 Å². The number of hydrogen-bond acceptors (Lipinski definition) is 5. The monoisotopic (exact) mass is 387 g/mol. The zero-order valence-electron chi connectivity index (χ0n) is 16.9. The van der Waals surface area contributed by atoms with Crippen molar-refractivity contribution < 1.29 is 9.47 Å². The number of nitrogens with one attached hydrogen (secondary N) is 1. The predicted molar refractivity (Wildman–Crippen MR) is 111 cm³/mol. The zero-order chi connectivity index (χ0) is 19.4. The lowest BCUT2D eigenvalue weighted by Gasteiger charge is -2.49. The van der Waals surface area contributed by atoms with Crippen molar-refractivity contribution in [2.24, 2.45) is 10.7 Å². The van der Waals surface area contributed by atoms with Crippen LogP contribution in [0.1, 0.15) is 30.9 Å². The average molecular weight is 388 g/mol. The zero-order valence-corrected chi connectivity index (χ0v) is 16.9. The molecular weight excluding hydrogens is 354 g/mol. The molecule has 3 aliphatic heterocycles. The van der Waals surface area contributed by atoms with E-state index in [0.29, 0.717) is 12.6 Å². The fraction of sp³-hybridized carbons (Fsp3) is 0.667. The second kappa shape index (κ2) is 8.68. The molecule has 1 unspecified atom stereocenters. The van der Waals surface area contributed by atoms with Crippen molar-refractivity contribution in [3.63, 3.8) is 0 Å². The summed E-state index contributed by atoms with van der Waals surface area (Å²) in [4.78, 5) is 9.82. The van der Waals surface area contributed by atoms with Gasteiger partial charge >= 0.3 is 0 Å². The normalized spacial score (nSPS) is 26.3. The maximum absolute atomic E-state index is 6.34. The largest absolute Gasteiger partial charge is 0.493 e. The predicted octanol–water partition coefficient (Wildman–Crippen LogP) is 1.21. The molecule has 3 aliphatic rings.